The molecular formula is C36H34F3N9O2S. The molecule has 0 bridgehead atoms. The van der Waals surface area contributed by atoms with E-state index < -0.39 is 11.6 Å². The zero-order chi connectivity index (χ0) is 35.4. The number of likely N-dealkylation sites (tertiary alicyclic amines) is 1. The van der Waals surface area contributed by atoms with E-state index in [0.29, 0.717) is 37.6 Å². The number of nitrogen functional groups attached to an aromatic ring is 2. The first-order valence-electron chi connectivity index (χ1n) is 16.8. The summed E-state index contributed by atoms with van der Waals surface area (Å²) in [5.74, 6) is -0.609. The molecule has 1 atom stereocenters. The Hall–Kier alpha value is -5.20. The number of ether oxygens (including phenoxy) is 2. The van der Waals surface area contributed by atoms with Crippen LogP contribution >= 0.6 is 11.3 Å². The van der Waals surface area contributed by atoms with E-state index in [4.69, 9.17) is 25.9 Å². The predicted molar refractivity (Wildman–Crippen MR) is 189 cm³/mol. The molecule has 5 aromatic rings. The van der Waals surface area contributed by atoms with Crippen molar-refractivity contribution in [3.05, 3.63) is 65.1 Å². The molecule has 0 unspecified atom stereocenters. The van der Waals surface area contributed by atoms with Gasteiger partial charge < -0.3 is 30.7 Å². The number of nitrogens with two attached hydrogens (primary N) is 2. The largest absolute Gasteiger partial charge is 0.475 e. The Balaban J connectivity index is 1.24. The van der Waals surface area contributed by atoms with E-state index in [1.54, 1.807) is 12.3 Å². The molecule has 11 nitrogen and oxygen atoms in total. The second-order valence-electron chi connectivity index (χ2n) is 13.4. The van der Waals surface area contributed by atoms with Crippen LogP contribution in [0.1, 0.15) is 49.8 Å². The zero-order valence-corrected chi connectivity index (χ0v) is 28.6. The fourth-order valence-corrected chi connectivity index (χ4v) is 8.10. The number of pyridine rings is 2. The van der Waals surface area contributed by atoms with Crippen molar-refractivity contribution in [2.75, 3.05) is 55.8 Å². The fourth-order valence-electron chi connectivity index (χ4n) is 7.16. The van der Waals surface area contributed by atoms with E-state index in [1.807, 2.05) is 24.0 Å². The number of benzene rings is 1. The number of aromatic nitrogens is 4. The SMILES string of the molecule is C[C@H](c1cccnc1N)N1CCOc2nc(-c3ccc(F)c4sc(N)c(C#N)c34)c(F)c3nc(OCC4(CN5CCC(=CF)CC5)CC4)nc1c23. The van der Waals surface area contributed by atoms with E-state index in [-0.39, 0.29) is 72.8 Å². The summed E-state index contributed by atoms with van der Waals surface area (Å²) in [6.07, 6.45) is 5.64. The molecule has 1 saturated carbocycles. The van der Waals surface area contributed by atoms with Crippen molar-refractivity contribution >= 4 is 49.0 Å². The Morgan fingerprint density at radius 2 is 1.92 bits per heavy atom. The van der Waals surface area contributed by atoms with Gasteiger partial charge in [-0.15, -0.1) is 11.3 Å². The molecule has 2 fully saturated rings. The van der Waals surface area contributed by atoms with E-state index in [9.17, 15) is 14.0 Å². The first-order chi connectivity index (χ1) is 24.7. The molecule has 4 aromatic heterocycles. The summed E-state index contributed by atoms with van der Waals surface area (Å²) < 4.78 is 57.7. The molecule has 1 aliphatic carbocycles. The number of hydrogen-bond acceptors (Lipinski definition) is 12. The molecule has 2 aliphatic heterocycles. The van der Waals surface area contributed by atoms with Gasteiger partial charge in [-0.2, -0.15) is 15.2 Å². The van der Waals surface area contributed by atoms with Gasteiger partial charge in [0.1, 0.15) is 51.7 Å². The van der Waals surface area contributed by atoms with Gasteiger partial charge in [0.05, 0.1) is 35.8 Å². The number of fused-ring (bicyclic) bond motifs is 1. The minimum absolute atomic E-state index is 0.0212. The first-order valence-corrected chi connectivity index (χ1v) is 17.6. The first kappa shape index (κ1) is 33.0. The summed E-state index contributed by atoms with van der Waals surface area (Å²) in [7, 11) is 0. The van der Waals surface area contributed by atoms with Gasteiger partial charge in [-0.25, -0.2) is 23.1 Å². The molecule has 1 aromatic carbocycles. The third-order valence-corrected chi connectivity index (χ3v) is 11.2. The maximum absolute atomic E-state index is 17.1. The molecule has 8 rings (SSSR count). The number of thiophene rings is 1. The van der Waals surface area contributed by atoms with Crippen LogP contribution in [0.4, 0.5) is 29.8 Å². The van der Waals surface area contributed by atoms with Crippen molar-refractivity contribution in [1.29, 1.82) is 5.26 Å². The Morgan fingerprint density at radius 3 is 2.65 bits per heavy atom. The summed E-state index contributed by atoms with van der Waals surface area (Å²) in [6, 6.07) is 7.91. The van der Waals surface area contributed by atoms with Crippen molar-refractivity contribution in [2.24, 2.45) is 5.41 Å². The third-order valence-electron chi connectivity index (χ3n) is 10.2. The highest BCUT2D eigenvalue weighted by molar-refractivity contribution is 7.23. The van der Waals surface area contributed by atoms with Crippen LogP contribution in [0.3, 0.4) is 0 Å². The highest BCUT2D eigenvalue weighted by Crippen LogP contribution is 2.48. The van der Waals surface area contributed by atoms with Crippen LogP contribution in [-0.4, -0.2) is 64.2 Å². The highest BCUT2D eigenvalue weighted by atomic mass is 32.1. The van der Waals surface area contributed by atoms with Gasteiger partial charge in [-0.3, -0.25) is 0 Å². The summed E-state index contributed by atoms with van der Waals surface area (Å²) in [5, 5.41) is 10.4. The second-order valence-corrected chi connectivity index (χ2v) is 14.5. The number of rotatable bonds is 8. The number of hydrogen-bond donors (Lipinski definition) is 2. The lowest BCUT2D eigenvalue weighted by Crippen LogP contribution is -2.37. The van der Waals surface area contributed by atoms with Gasteiger partial charge in [0.15, 0.2) is 5.82 Å². The van der Waals surface area contributed by atoms with Crippen LogP contribution in [0.25, 0.3) is 32.2 Å². The van der Waals surface area contributed by atoms with Gasteiger partial charge in [0.25, 0.3) is 0 Å². The molecule has 51 heavy (non-hydrogen) atoms. The maximum atomic E-state index is 17.1. The Kier molecular flexibility index (Phi) is 8.30. The minimum Gasteiger partial charge on any atom is -0.475 e. The second kappa shape index (κ2) is 12.8. The topological polar surface area (TPSA) is 152 Å². The van der Waals surface area contributed by atoms with Crippen molar-refractivity contribution in [3.63, 3.8) is 0 Å². The van der Waals surface area contributed by atoms with E-state index in [2.05, 4.69) is 19.9 Å². The summed E-state index contributed by atoms with van der Waals surface area (Å²) in [5.41, 5.74) is 13.8. The zero-order valence-electron chi connectivity index (χ0n) is 27.8. The molecule has 4 N–H and O–H groups in total. The fraction of sp³-hybridized carbons (Fsp3) is 0.361. The summed E-state index contributed by atoms with van der Waals surface area (Å²) in [4.78, 5) is 22.6. The van der Waals surface area contributed by atoms with Gasteiger partial charge in [0.2, 0.25) is 5.88 Å². The maximum Gasteiger partial charge on any atom is 0.319 e. The quantitative estimate of drug-likeness (QED) is 0.177. The van der Waals surface area contributed by atoms with Crippen LogP contribution in [0.5, 0.6) is 11.9 Å². The van der Waals surface area contributed by atoms with Gasteiger partial charge in [-0.1, -0.05) is 6.07 Å². The molecule has 0 amide bonds. The monoisotopic (exact) mass is 713 g/mol. The standard InChI is InChI=1S/C36H34F3N9O2S/c1-19(21-3-2-10-43-31(21)41)48-13-14-49-34-26-29(27(39)28(44-34)22-4-5-24(38)30-25(22)23(16-40)32(42)51-30)45-35(46-33(26)48)50-18-36(8-9-36)17-47-11-6-20(15-37)7-12-47/h2-5,10,15,19H,6-9,11-14,17-18,42H2,1H3,(H2,41,43)/t19-/m1/s1. The molecule has 0 radical (unpaired) electrons. The van der Waals surface area contributed by atoms with Crippen molar-refractivity contribution in [1.82, 2.24) is 24.8 Å². The lowest BCUT2D eigenvalue weighted by atomic mass is 10.0. The Morgan fingerprint density at radius 1 is 1.12 bits per heavy atom. The van der Waals surface area contributed by atoms with Gasteiger partial charge in [0, 0.05) is 47.8 Å². The molecule has 262 valence electrons. The number of halogens is 3. The average molecular weight is 714 g/mol. The number of nitrogens with zero attached hydrogens (tertiary/aromatic N) is 7. The van der Waals surface area contributed by atoms with Crippen LogP contribution in [0.2, 0.25) is 0 Å². The summed E-state index contributed by atoms with van der Waals surface area (Å²) in [6.45, 7) is 5.12. The van der Waals surface area contributed by atoms with Crippen LogP contribution in [0, 0.1) is 28.4 Å². The average Bonchev–Trinajstić information content (AvgIpc) is 3.85. The number of anilines is 3. The third kappa shape index (κ3) is 5.81. The smallest absolute Gasteiger partial charge is 0.319 e. The van der Waals surface area contributed by atoms with Gasteiger partial charge in [-0.05, 0) is 56.4 Å². The molecule has 15 heteroatoms. The van der Waals surface area contributed by atoms with Gasteiger partial charge >= 0.3 is 6.01 Å². The lowest BCUT2D eigenvalue weighted by molar-refractivity contribution is 0.148. The highest BCUT2D eigenvalue weighted by Gasteiger charge is 2.45. The number of piperidine rings is 1. The van der Waals surface area contributed by atoms with Crippen molar-refractivity contribution in [2.45, 2.75) is 38.6 Å². The Bertz CT molecular complexity index is 2260. The lowest BCUT2D eigenvalue weighted by Gasteiger charge is -2.31. The van der Waals surface area contributed by atoms with E-state index in [1.165, 1.54) is 12.1 Å². The Labute approximate surface area is 295 Å². The van der Waals surface area contributed by atoms with Crippen LogP contribution < -0.4 is 25.8 Å². The molecule has 6 heterocycles. The van der Waals surface area contributed by atoms with Crippen molar-refractivity contribution in [3.8, 4) is 29.2 Å². The molecule has 0 spiro atoms. The summed E-state index contributed by atoms with van der Waals surface area (Å²) >= 11 is 0.917. The molecule has 3 aliphatic rings. The molecular weight excluding hydrogens is 680 g/mol. The normalized spacial score (nSPS) is 17.5. The minimum atomic E-state index is -0.811. The van der Waals surface area contributed by atoms with Crippen molar-refractivity contribution < 1.29 is 22.6 Å². The van der Waals surface area contributed by atoms with E-state index in [0.717, 1.165) is 61.3 Å². The van der Waals surface area contributed by atoms with Crippen LogP contribution in [0.15, 0.2) is 42.4 Å². The predicted octanol–water partition coefficient (Wildman–Crippen LogP) is 6.68. The van der Waals surface area contributed by atoms with Crippen LogP contribution in [-0.2, 0) is 0 Å². The van der Waals surface area contributed by atoms with E-state index >= 15 is 4.39 Å². The molecule has 1 saturated heterocycles. The number of nitriles is 1.